The molecule has 17 heavy (non-hydrogen) atoms. The number of rotatable bonds is 2. The molecule has 1 radical (unpaired) electrons. The molecule has 0 atom stereocenters. The minimum absolute atomic E-state index is 1.23. The Bertz CT molecular complexity index is 540. The molecule has 3 aromatic rings. The first kappa shape index (κ1) is 10.3. The van der Waals surface area contributed by atoms with E-state index in [0.717, 1.165) is 0 Å². The quantitative estimate of drug-likeness (QED) is 0.593. The average Bonchev–Trinajstić information content (AvgIpc) is 2.90. The molecule has 0 aliphatic rings. The van der Waals surface area contributed by atoms with Crippen molar-refractivity contribution in [1.29, 1.82) is 0 Å². The maximum absolute atomic E-state index is 3.11. The Hall–Kier alpha value is -1.86. The third-order valence-electron chi connectivity index (χ3n) is 2.70. The van der Waals surface area contributed by atoms with Crippen LogP contribution in [0.5, 0.6) is 0 Å². The topological polar surface area (TPSA) is 0 Å². The fraction of sp³-hybridized carbons (Fsp3) is 0. The predicted molar refractivity (Wildman–Crippen MR) is 74.0 cm³/mol. The minimum Gasteiger partial charge on any atom is -0.143 e. The van der Waals surface area contributed by atoms with Crippen LogP contribution in [0.4, 0.5) is 0 Å². The molecular formula is C16H11S. The largest absolute Gasteiger partial charge is 0.143 e. The van der Waals surface area contributed by atoms with E-state index in [1.54, 1.807) is 11.3 Å². The molecule has 0 amide bonds. The van der Waals surface area contributed by atoms with E-state index < -0.39 is 0 Å². The molecule has 3 rings (SSSR count). The maximum atomic E-state index is 3.11. The molecule has 0 nitrogen and oxygen atoms in total. The molecular weight excluding hydrogens is 224 g/mol. The van der Waals surface area contributed by atoms with Crippen molar-refractivity contribution < 1.29 is 0 Å². The van der Waals surface area contributed by atoms with E-state index in [1.165, 1.54) is 21.6 Å². The zero-order chi connectivity index (χ0) is 11.5. The van der Waals surface area contributed by atoms with Gasteiger partial charge in [-0.1, -0.05) is 48.5 Å². The summed E-state index contributed by atoms with van der Waals surface area (Å²) in [5.74, 6) is 0. The van der Waals surface area contributed by atoms with Gasteiger partial charge in [0.25, 0.3) is 0 Å². The molecule has 1 aromatic heterocycles. The summed E-state index contributed by atoms with van der Waals surface area (Å²) in [6, 6.07) is 23.9. The normalized spacial score (nSPS) is 10.4. The SMILES string of the molecule is [c]1cccc(-c2csc(-c3ccccc3)c2)c1. The van der Waals surface area contributed by atoms with Crippen molar-refractivity contribution in [2.75, 3.05) is 0 Å². The average molecular weight is 235 g/mol. The van der Waals surface area contributed by atoms with Gasteiger partial charge in [0.2, 0.25) is 0 Å². The van der Waals surface area contributed by atoms with Crippen molar-refractivity contribution in [1.82, 2.24) is 0 Å². The Kier molecular flexibility index (Phi) is 2.76. The van der Waals surface area contributed by atoms with E-state index in [9.17, 15) is 0 Å². The molecule has 0 saturated heterocycles. The van der Waals surface area contributed by atoms with Gasteiger partial charge in [0.15, 0.2) is 0 Å². The lowest BCUT2D eigenvalue weighted by Gasteiger charge is -1.96. The first-order valence-electron chi connectivity index (χ1n) is 5.54. The molecule has 0 saturated carbocycles. The lowest BCUT2D eigenvalue weighted by atomic mass is 10.1. The number of benzene rings is 2. The van der Waals surface area contributed by atoms with Crippen molar-refractivity contribution in [2.45, 2.75) is 0 Å². The van der Waals surface area contributed by atoms with Crippen LogP contribution in [-0.2, 0) is 0 Å². The standard InChI is InChI=1S/C16H11S/c1-3-7-13(8-4-1)15-11-16(17-12-15)14-9-5-2-6-10-14/h1-3,5-12H. The summed E-state index contributed by atoms with van der Waals surface area (Å²) in [4.78, 5) is 1.31. The van der Waals surface area contributed by atoms with E-state index in [2.05, 4.69) is 47.8 Å². The number of hydrogen-bond donors (Lipinski definition) is 0. The number of thiophene rings is 1. The molecule has 81 valence electrons. The van der Waals surface area contributed by atoms with E-state index in [0.29, 0.717) is 0 Å². The lowest BCUT2D eigenvalue weighted by molar-refractivity contribution is 1.65. The summed E-state index contributed by atoms with van der Waals surface area (Å²) < 4.78 is 0. The molecule has 0 fully saturated rings. The molecule has 0 N–H and O–H groups in total. The van der Waals surface area contributed by atoms with Crippen LogP contribution in [-0.4, -0.2) is 0 Å². The van der Waals surface area contributed by atoms with Crippen LogP contribution >= 0.6 is 11.3 Å². The van der Waals surface area contributed by atoms with Gasteiger partial charge in [-0.05, 0) is 40.3 Å². The van der Waals surface area contributed by atoms with Crippen molar-refractivity contribution in [3.05, 3.63) is 72.1 Å². The van der Waals surface area contributed by atoms with Crippen molar-refractivity contribution >= 4 is 11.3 Å². The van der Waals surface area contributed by atoms with Gasteiger partial charge < -0.3 is 0 Å². The highest BCUT2D eigenvalue weighted by atomic mass is 32.1. The van der Waals surface area contributed by atoms with E-state index in [4.69, 9.17) is 0 Å². The Morgan fingerprint density at radius 2 is 1.65 bits per heavy atom. The van der Waals surface area contributed by atoms with Gasteiger partial charge in [-0.3, -0.25) is 0 Å². The second kappa shape index (κ2) is 4.56. The van der Waals surface area contributed by atoms with Gasteiger partial charge in [-0.25, -0.2) is 0 Å². The first-order chi connectivity index (χ1) is 8.43. The summed E-state index contributed by atoms with van der Waals surface area (Å²) >= 11 is 1.78. The zero-order valence-electron chi connectivity index (χ0n) is 9.26. The highest BCUT2D eigenvalue weighted by molar-refractivity contribution is 7.14. The predicted octanol–water partition coefficient (Wildman–Crippen LogP) is 4.88. The van der Waals surface area contributed by atoms with Crippen LogP contribution in [0.15, 0.2) is 66.0 Å². The van der Waals surface area contributed by atoms with Gasteiger partial charge in [-0.2, -0.15) is 0 Å². The summed E-state index contributed by atoms with van der Waals surface area (Å²) in [5, 5.41) is 2.20. The Balaban J connectivity index is 1.99. The summed E-state index contributed by atoms with van der Waals surface area (Å²) in [5.41, 5.74) is 3.78. The summed E-state index contributed by atoms with van der Waals surface area (Å²) in [7, 11) is 0. The van der Waals surface area contributed by atoms with Crippen LogP contribution in [0.25, 0.3) is 21.6 Å². The molecule has 0 unspecified atom stereocenters. The molecule has 0 aliphatic carbocycles. The van der Waals surface area contributed by atoms with Crippen LogP contribution in [0.1, 0.15) is 0 Å². The molecule has 0 spiro atoms. The fourth-order valence-corrected chi connectivity index (χ4v) is 2.74. The monoisotopic (exact) mass is 235 g/mol. The second-order valence-electron chi connectivity index (χ2n) is 3.86. The van der Waals surface area contributed by atoms with Crippen molar-refractivity contribution in [3.8, 4) is 21.6 Å². The summed E-state index contributed by atoms with van der Waals surface area (Å²) in [6.07, 6.45) is 0. The molecule has 1 heteroatoms. The zero-order valence-corrected chi connectivity index (χ0v) is 10.1. The number of hydrogen-bond acceptors (Lipinski definition) is 1. The van der Waals surface area contributed by atoms with Gasteiger partial charge in [-0.15, -0.1) is 11.3 Å². The van der Waals surface area contributed by atoms with Gasteiger partial charge >= 0.3 is 0 Å². The highest BCUT2D eigenvalue weighted by Crippen LogP contribution is 2.32. The fourth-order valence-electron chi connectivity index (χ4n) is 1.81. The van der Waals surface area contributed by atoms with E-state index in [1.807, 2.05) is 24.3 Å². The smallest absolute Gasteiger partial charge is 0.0349 e. The first-order valence-corrected chi connectivity index (χ1v) is 6.42. The molecule has 1 heterocycles. The third kappa shape index (κ3) is 2.15. The van der Waals surface area contributed by atoms with E-state index >= 15 is 0 Å². The van der Waals surface area contributed by atoms with Gasteiger partial charge in [0, 0.05) is 4.88 Å². The summed E-state index contributed by atoms with van der Waals surface area (Å²) in [6.45, 7) is 0. The second-order valence-corrected chi connectivity index (χ2v) is 4.77. The maximum Gasteiger partial charge on any atom is 0.0349 e. The van der Waals surface area contributed by atoms with E-state index in [-0.39, 0.29) is 0 Å². The van der Waals surface area contributed by atoms with Crippen LogP contribution in [0.3, 0.4) is 0 Å². The van der Waals surface area contributed by atoms with Gasteiger partial charge in [0.1, 0.15) is 0 Å². The minimum atomic E-state index is 1.23. The van der Waals surface area contributed by atoms with Gasteiger partial charge in [0.05, 0.1) is 0 Å². The third-order valence-corrected chi connectivity index (χ3v) is 3.68. The van der Waals surface area contributed by atoms with Crippen LogP contribution < -0.4 is 0 Å². The molecule has 2 aromatic carbocycles. The molecule has 0 aliphatic heterocycles. The van der Waals surface area contributed by atoms with Crippen LogP contribution in [0.2, 0.25) is 0 Å². The van der Waals surface area contributed by atoms with Crippen molar-refractivity contribution in [3.63, 3.8) is 0 Å². The highest BCUT2D eigenvalue weighted by Gasteiger charge is 2.03. The van der Waals surface area contributed by atoms with Crippen LogP contribution in [0, 0.1) is 6.07 Å². The Labute approximate surface area is 105 Å². The molecule has 0 bridgehead atoms. The van der Waals surface area contributed by atoms with Crippen molar-refractivity contribution in [2.24, 2.45) is 0 Å². The Morgan fingerprint density at radius 1 is 0.824 bits per heavy atom. The lowest BCUT2D eigenvalue weighted by Crippen LogP contribution is -1.72. The Morgan fingerprint density at radius 3 is 2.41 bits per heavy atom.